The van der Waals surface area contributed by atoms with Crippen molar-refractivity contribution in [1.82, 2.24) is 5.32 Å². The third kappa shape index (κ3) is 5.47. The average Bonchev–Trinajstić information content (AvgIpc) is 2.97. The number of halogens is 1. The van der Waals surface area contributed by atoms with E-state index in [0.717, 1.165) is 15.8 Å². The zero-order chi connectivity index (χ0) is 19.2. The zero-order valence-electron chi connectivity index (χ0n) is 14.4. The molecule has 0 aromatic heterocycles. The topological polar surface area (TPSA) is 56.8 Å². The Balaban J connectivity index is 1.64. The molecule has 0 atom stereocenters. The Kier molecular flexibility index (Phi) is 6.76. The number of methoxy groups -OCH3 is 1. The highest BCUT2D eigenvalue weighted by atomic mass is 79.9. The lowest BCUT2D eigenvalue weighted by atomic mass is 10.2. The summed E-state index contributed by atoms with van der Waals surface area (Å²) in [6.07, 6.45) is 1.77. The maximum atomic E-state index is 11.9. The number of ether oxygens (including phenoxy) is 3. The van der Waals surface area contributed by atoms with E-state index >= 15 is 0 Å². The molecule has 1 saturated heterocycles. The molecular weight excluding hydrogens is 450 g/mol. The molecule has 1 amide bonds. The third-order valence-electron chi connectivity index (χ3n) is 3.55. The monoisotopic (exact) mass is 465 g/mol. The molecule has 1 N–H and O–H groups in total. The molecule has 0 spiro atoms. The maximum absolute atomic E-state index is 11.9. The zero-order valence-corrected chi connectivity index (χ0v) is 17.6. The van der Waals surface area contributed by atoms with Crippen molar-refractivity contribution in [3.63, 3.8) is 0 Å². The van der Waals surface area contributed by atoms with Crippen LogP contribution < -0.4 is 19.5 Å². The van der Waals surface area contributed by atoms with Crippen molar-refractivity contribution in [3.8, 4) is 17.2 Å². The first-order chi connectivity index (χ1) is 13.0. The fraction of sp³-hybridized carbons (Fsp3) is 0.158. The van der Waals surface area contributed by atoms with Gasteiger partial charge in [0.1, 0.15) is 34.8 Å². The van der Waals surface area contributed by atoms with Gasteiger partial charge in [0.25, 0.3) is 5.91 Å². The minimum atomic E-state index is -0.197. The second kappa shape index (κ2) is 9.25. The van der Waals surface area contributed by atoms with Crippen LogP contribution in [0, 0.1) is 0 Å². The Bertz CT molecular complexity index is 901. The lowest BCUT2D eigenvalue weighted by Crippen LogP contribution is -2.17. The normalized spacial score (nSPS) is 15.0. The molecule has 3 rings (SSSR count). The van der Waals surface area contributed by atoms with Gasteiger partial charge < -0.3 is 19.5 Å². The highest BCUT2D eigenvalue weighted by molar-refractivity contribution is 9.10. The number of amides is 1. The van der Waals surface area contributed by atoms with Gasteiger partial charge in [-0.3, -0.25) is 4.79 Å². The summed E-state index contributed by atoms with van der Waals surface area (Å²) in [5.74, 6) is 1.91. The molecule has 5 nitrogen and oxygen atoms in total. The van der Waals surface area contributed by atoms with Crippen LogP contribution in [0.1, 0.15) is 5.56 Å². The van der Waals surface area contributed by atoms with Crippen LogP contribution >= 0.6 is 39.9 Å². The molecule has 2 aromatic carbocycles. The SMILES string of the molecule is COc1cccc(OCCOc2ccc(Br)cc2C=C2SC(=S)NC2=O)c1. The van der Waals surface area contributed by atoms with Gasteiger partial charge >= 0.3 is 0 Å². The minimum Gasteiger partial charge on any atom is -0.497 e. The quantitative estimate of drug-likeness (QED) is 0.371. The van der Waals surface area contributed by atoms with Crippen LogP contribution in [-0.2, 0) is 4.79 Å². The number of rotatable bonds is 7. The second-order valence-corrected chi connectivity index (χ2v) is 8.04. The summed E-state index contributed by atoms with van der Waals surface area (Å²) >= 11 is 9.70. The van der Waals surface area contributed by atoms with Crippen LogP contribution in [0.15, 0.2) is 51.8 Å². The molecule has 2 aromatic rings. The number of hydrogen-bond acceptors (Lipinski definition) is 6. The summed E-state index contributed by atoms with van der Waals surface area (Å²) in [6.45, 7) is 0.728. The van der Waals surface area contributed by atoms with E-state index in [-0.39, 0.29) is 5.91 Å². The predicted octanol–water partition coefficient (Wildman–Crippen LogP) is 4.40. The highest BCUT2D eigenvalue weighted by Crippen LogP contribution is 2.31. The van der Waals surface area contributed by atoms with Gasteiger partial charge in [-0.2, -0.15) is 0 Å². The molecular formula is C19H16BrNO4S2. The van der Waals surface area contributed by atoms with Crippen LogP contribution in [-0.4, -0.2) is 30.6 Å². The van der Waals surface area contributed by atoms with Crippen LogP contribution in [0.5, 0.6) is 17.2 Å². The predicted molar refractivity (Wildman–Crippen MR) is 114 cm³/mol. The van der Waals surface area contributed by atoms with Crippen molar-refractivity contribution >= 4 is 56.2 Å². The summed E-state index contributed by atoms with van der Waals surface area (Å²) in [6, 6.07) is 13.0. The second-order valence-electron chi connectivity index (χ2n) is 5.41. The van der Waals surface area contributed by atoms with Crippen molar-refractivity contribution in [2.24, 2.45) is 0 Å². The van der Waals surface area contributed by atoms with E-state index in [1.807, 2.05) is 42.5 Å². The summed E-state index contributed by atoms with van der Waals surface area (Å²) in [5.41, 5.74) is 0.785. The lowest BCUT2D eigenvalue weighted by molar-refractivity contribution is -0.115. The Morgan fingerprint density at radius 1 is 1.15 bits per heavy atom. The van der Waals surface area contributed by atoms with Gasteiger partial charge in [0.2, 0.25) is 0 Å². The van der Waals surface area contributed by atoms with E-state index in [4.69, 9.17) is 26.4 Å². The number of nitrogens with one attached hydrogen (secondary N) is 1. The fourth-order valence-corrected chi connectivity index (χ4v) is 3.74. The molecule has 0 aliphatic carbocycles. The Morgan fingerprint density at radius 2 is 1.93 bits per heavy atom. The van der Waals surface area contributed by atoms with Crippen molar-refractivity contribution in [2.45, 2.75) is 0 Å². The number of carbonyl (C=O) groups excluding carboxylic acids is 1. The number of benzene rings is 2. The first-order valence-corrected chi connectivity index (χ1v) is 10.0. The number of thioether (sulfide) groups is 1. The molecule has 1 aliphatic heterocycles. The number of hydrogen-bond donors (Lipinski definition) is 1. The van der Waals surface area contributed by atoms with Gasteiger partial charge in [-0.25, -0.2) is 0 Å². The van der Waals surface area contributed by atoms with Crippen LogP contribution in [0.3, 0.4) is 0 Å². The largest absolute Gasteiger partial charge is 0.497 e. The fourth-order valence-electron chi connectivity index (χ4n) is 2.33. The lowest BCUT2D eigenvalue weighted by Gasteiger charge is -2.11. The molecule has 140 valence electrons. The van der Waals surface area contributed by atoms with Gasteiger partial charge in [-0.05, 0) is 36.4 Å². The molecule has 0 saturated carbocycles. The van der Waals surface area contributed by atoms with Crippen molar-refractivity contribution in [3.05, 3.63) is 57.4 Å². The van der Waals surface area contributed by atoms with Gasteiger partial charge in [0.15, 0.2) is 0 Å². The molecule has 1 aliphatic rings. The number of thiocarbonyl (C=S) groups is 1. The van der Waals surface area contributed by atoms with Crippen LogP contribution in [0.25, 0.3) is 6.08 Å². The highest BCUT2D eigenvalue weighted by Gasteiger charge is 2.22. The van der Waals surface area contributed by atoms with Crippen LogP contribution in [0.4, 0.5) is 0 Å². The van der Waals surface area contributed by atoms with E-state index in [2.05, 4.69) is 21.2 Å². The summed E-state index contributed by atoms with van der Waals surface area (Å²) in [7, 11) is 1.61. The van der Waals surface area contributed by atoms with E-state index in [9.17, 15) is 4.79 Å². The Morgan fingerprint density at radius 3 is 2.67 bits per heavy atom. The summed E-state index contributed by atoms with van der Waals surface area (Å²) < 4.78 is 18.0. The van der Waals surface area contributed by atoms with Gasteiger partial charge in [-0.15, -0.1) is 0 Å². The number of carbonyl (C=O) groups is 1. The van der Waals surface area contributed by atoms with Gasteiger partial charge in [0.05, 0.1) is 12.0 Å². The molecule has 0 unspecified atom stereocenters. The smallest absolute Gasteiger partial charge is 0.263 e. The van der Waals surface area contributed by atoms with Gasteiger partial charge in [-0.1, -0.05) is 46.0 Å². The average molecular weight is 466 g/mol. The molecule has 1 fully saturated rings. The van der Waals surface area contributed by atoms with Crippen LogP contribution in [0.2, 0.25) is 0 Å². The molecule has 0 bridgehead atoms. The van der Waals surface area contributed by atoms with Crippen molar-refractivity contribution in [1.29, 1.82) is 0 Å². The third-order valence-corrected chi connectivity index (χ3v) is 5.21. The van der Waals surface area contributed by atoms with Crippen molar-refractivity contribution in [2.75, 3.05) is 20.3 Å². The summed E-state index contributed by atoms with van der Waals surface area (Å²) in [4.78, 5) is 12.4. The van der Waals surface area contributed by atoms with E-state index < -0.39 is 0 Å². The molecule has 27 heavy (non-hydrogen) atoms. The first-order valence-electron chi connectivity index (χ1n) is 7.99. The molecule has 0 radical (unpaired) electrons. The van der Waals surface area contributed by atoms with Gasteiger partial charge in [0, 0.05) is 16.1 Å². The van der Waals surface area contributed by atoms with E-state index in [1.54, 1.807) is 13.2 Å². The van der Waals surface area contributed by atoms with E-state index in [0.29, 0.717) is 33.9 Å². The molecule has 1 heterocycles. The van der Waals surface area contributed by atoms with Crippen molar-refractivity contribution < 1.29 is 19.0 Å². The van der Waals surface area contributed by atoms with E-state index in [1.165, 1.54) is 11.8 Å². The first kappa shape index (κ1) is 19.7. The molecule has 8 heteroatoms. The summed E-state index contributed by atoms with van der Waals surface area (Å²) in [5, 5.41) is 2.61. The standard InChI is InChI=1S/C19H16BrNO4S2/c1-23-14-3-2-4-15(11-14)24-7-8-25-16-6-5-13(20)9-12(16)10-17-18(22)21-19(26)27-17/h2-6,9-11H,7-8H2,1H3,(H,21,22,26). The Labute approximate surface area is 175 Å². The maximum Gasteiger partial charge on any atom is 0.263 e. The Hall–Kier alpha value is -2.03. The minimum absolute atomic E-state index is 0.197.